The Kier molecular flexibility index (Phi) is 4.10. The zero-order valence-electron chi connectivity index (χ0n) is 9.14. The van der Waals surface area contributed by atoms with Gasteiger partial charge in [-0.2, -0.15) is 13.2 Å². The van der Waals surface area contributed by atoms with Gasteiger partial charge in [-0.25, -0.2) is 4.39 Å². The Morgan fingerprint density at radius 3 is 2.20 bits per heavy atom. The Morgan fingerprint density at radius 1 is 1.25 bits per heavy atom. The predicted octanol–water partition coefficient (Wildman–Crippen LogP) is 2.77. The van der Waals surface area contributed by atoms with Crippen LogP contribution in [-0.4, -0.2) is 22.4 Å². The van der Waals surface area contributed by atoms with Crippen molar-refractivity contribution in [2.45, 2.75) is 19.0 Å². The molecule has 20 heavy (non-hydrogen) atoms. The number of ether oxygens (including phenoxy) is 1. The average molecular weight is 307 g/mol. The maximum atomic E-state index is 13.1. The first-order chi connectivity index (χ1) is 8.92. The number of hydrogen-bond donors (Lipinski definition) is 1. The van der Waals surface area contributed by atoms with E-state index in [1.807, 2.05) is 0 Å². The Labute approximate surface area is 105 Å². The average Bonchev–Trinajstić information content (AvgIpc) is 2.17. The molecule has 0 unspecified atom stereocenters. The van der Waals surface area contributed by atoms with Crippen LogP contribution < -0.4 is 4.74 Å². The number of alkyl halides is 6. The molecule has 0 saturated carbocycles. The summed E-state index contributed by atoms with van der Waals surface area (Å²) < 4.78 is 90.0. The maximum absolute atomic E-state index is 13.1. The molecule has 11 heteroatoms. The minimum atomic E-state index is -5.57. The molecule has 4 nitrogen and oxygen atoms in total. The first kappa shape index (κ1) is 16.0. The van der Waals surface area contributed by atoms with E-state index in [0.717, 1.165) is 0 Å². The standard InChI is InChI=1S/C9H4F7NO3/c10-3-2-17-4(1-5(18)19)7(20-9(14,15)16)6(3)8(11,12)13/h2H,1H2,(H,18,19). The van der Waals surface area contributed by atoms with Crippen molar-refractivity contribution < 1.29 is 45.4 Å². The van der Waals surface area contributed by atoms with Crippen LogP contribution in [0.15, 0.2) is 6.20 Å². The molecule has 0 aliphatic rings. The third-order valence-electron chi connectivity index (χ3n) is 1.88. The SMILES string of the molecule is O=C(O)Cc1ncc(F)c(C(F)(F)F)c1OC(F)(F)F. The molecule has 112 valence electrons. The predicted molar refractivity (Wildman–Crippen MR) is 47.2 cm³/mol. The van der Waals surface area contributed by atoms with Crippen LogP contribution in [0.1, 0.15) is 11.3 Å². The summed E-state index contributed by atoms with van der Waals surface area (Å²) in [6.45, 7) is 0. The minimum Gasteiger partial charge on any atom is -0.481 e. The van der Waals surface area contributed by atoms with Crippen molar-refractivity contribution in [1.82, 2.24) is 4.98 Å². The molecule has 0 aliphatic heterocycles. The number of pyridine rings is 1. The molecular weight excluding hydrogens is 303 g/mol. The van der Waals surface area contributed by atoms with Gasteiger partial charge in [-0.15, -0.1) is 13.2 Å². The van der Waals surface area contributed by atoms with Gasteiger partial charge in [0.25, 0.3) is 0 Å². The Hall–Kier alpha value is -2.07. The summed E-state index contributed by atoms with van der Waals surface area (Å²) in [5.41, 5.74) is -3.55. The third kappa shape index (κ3) is 3.96. The van der Waals surface area contributed by atoms with Gasteiger partial charge in [0.05, 0.1) is 18.3 Å². The molecule has 0 radical (unpaired) electrons. The van der Waals surface area contributed by atoms with Crippen molar-refractivity contribution in [3.8, 4) is 5.75 Å². The Bertz CT molecular complexity index is 523. The fourth-order valence-corrected chi connectivity index (χ4v) is 1.27. The van der Waals surface area contributed by atoms with Crippen LogP contribution in [0, 0.1) is 5.82 Å². The Morgan fingerprint density at radius 2 is 1.80 bits per heavy atom. The molecule has 0 spiro atoms. The molecule has 0 atom stereocenters. The van der Waals surface area contributed by atoms with E-state index in [1.54, 1.807) is 0 Å². The molecule has 1 N–H and O–H groups in total. The number of aliphatic carboxylic acids is 1. The maximum Gasteiger partial charge on any atom is 0.573 e. The minimum absolute atomic E-state index is 0.0235. The highest BCUT2D eigenvalue weighted by Gasteiger charge is 2.43. The van der Waals surface area contributed by atoms with Crippen LogP contribution in [0.3, 0.4) is 0 Å². The zero-order valence-corrected chi connectivity index (χ0v) is 9.14. The molecule has 1 heterocycles. The summed E-state index contributed by atoms with van der Waals surface area (Å²) in [7, 11) is 0. The monoisotopic (exact) mass is 307 g/mol. The fraction of sp³-hybridized carbons (Fsp3) is 0.333. The molecule has 1 rings (SSSR count). The van der Waals surface area contributed by atoms with Gasteiger partial charge in [-0.1, -0.05) is 0 Å². The summed E-state index contributed by atoms with van der Waals surface area (Å²) in [5, 5.41) is 8.40. The van der Waals surface area contributed by atoms with Gasteiger partial charge in [0.15, 0.2) is 11.6 Å². The highest BCUT2D eigenvalue weighted by atomic mass is 19.4. The van der Waals surface area contributed by atoms with E-state index in [-0.39, 0.29) is 6.20 Å². The van der Waals surface area contributed by atoms with Crippen molar-refractivity contribution >= 4 is 5.97 Å². The third-order valence-corrected chi connectivity index (χ3v) is 1.88. The lowest BCUT2D eigenvalue weighted by atomic mass is 10.1. The Balaban J connectivity index is 3.51. The summed E-state index contributed by atoms with van der Waals surface area (Å²) in [5.74, 6) is -5.87. The van der Waals surface area contributed by atoms with Crippen molar-refractivity contribution in [3.05, 3.63) is 23.3 Å². The van der Waals surface area contributed by atoms with Gasteiger partial charge in [0, 0.05) is 0 Å². The van der Waals surface area contributed by atoms with Gasteiger partial charge >= 0.3 is 18.5 Å². The first-order valence-electron chi connectivity index (χ1n) is 4.64. The highest BCUT2D eigenvalue weighted by molar-refractivity contribution is 5.71. The van der Waals surface area contributed by atoms with Gasteiger partial charge < -0.3 is 9.84 Å². The highest BCUT2D eigenvalue weighted by Crippen LogP contribution is 2.41. The summed E-state index contributed by atoms with van der Waals surface area (Å²) >= 11 is 0. The van der Waals surface area contributed by atoms with Crippen LogP contribution in [0.2, 0.25) is 0 Å². The van der Waals surface area contributed by atoms with E-state index in [0.29, 0.717) is 0 Å². The number of hydrogen-bond acceptors (Lipinski definition) is 3. The van der Waals surface area contributed by atoms with Crippen LogP contribution in [0.25, 0.3) is 0 Å². The number of halogens is 7. The molecule has 1 aromatic rings. The van der Waals surface area contributed by atoms with Gasteiger partial charge in [0.2, 0.25) is 0 Å². The number of aromatic nitrogens is 1. The molecule has 0 saturated heterocycles. The number of rotatable bonds is 3. The summed E-state index contributed by atoms with van der Waals surface area (Å²) in [6.07, 6.45) is -12.4. The van der Waals surface area contributed by atoms with Crippen molar-refractivity contribution in [1.29, 1.82) is 0 Å². The van der Waals surface area contributed by atoms with E-state index in [2.05, 4.69) is 9.72 Å². The van der Waals surface area contributed by atoms with Crippen LogP contribution in [-0.2, 0) is 17.4 Å². The first-order valence-corrected chi connectivity index (χ1v) is 4.64. The molecular formula is C9H4F7NO3. The second-order valence-corrected chi connectivity index (χ2v) is 3.37. The van der Waals surface area contributed by atoms with Crippen LogP contribution in [0.5, 0.6) is 5.75 Å². The molecule has 0 bridgehead atoms. The van der Waals surface area contributed by atoms with Crippen LogP contribution >= 0.6 is 0 Å². The smallest absolute Gasteiger partial charge is 0.481 e. The normalized spacial score (nSPS) is 12.3. The van der Waals surface area contributed by atoms with E-state index in [4.69, 9.17) is 5.11 Å². The van der Waals surface area contributed by atoms with E-state index in [9.17, 15) is 35.5 Å². The molecule has 1 aromatic heterocycles. The number of carboxylic acid groups (broad SMARTS) is 1. The molecule has 0 fully saturated rings. The summed E-state index contributed by atoms with van der Waals surface area (Å²) in [4.78, 5) is 13.3. The largest absolute Gasteiger partial charge is 0.573 e. The van der Waals surface area contributed by atoms with E-state index >= 15 is 0 Å². The van der Waals surface area contributed by atoms with E-state index < -0.39 is 47.8 Å². The number of nitrogens with zero attached hydrogens (tertiary/aromatic N) is 1. The number of carboxylic acids is 1. The lowest BCUT2D eigenvalue weighted by molar-refractivity contribution is -0.276. The quantitative estimate of drug-likeness (QED) is 0.872. The zero-order chi connectivity index (χ0) is 15.7. The summed E-state index contributed by atoms with van der Waals surface area (Å²) in [6, 6.07) is 0. The van der Waals surface area contributed by atoms with Gasteiger partial charge in [-0.05, 0) is 0 Å². The second-order valence-electron chi connectivity index (χ2n) is 3.37. The topological polar surface area (TPSA) is 59.4 Å². The molecule has 0 aromatic carbocycles. The number of carbonyl (C=O) groups is 1. The van der Waals surface area contributed by atoms with Gasteiger partial charge in [-0.3, -0.25) is 9.78 Å². The molecule has 0 amide bonds. The molecule has 0 aliphatic carbocycles. The fourth-order valence-electron chi connectivity index (χ4n) is 1.27. The van der Waals surface area contributed by atoms with E-state index in [1.165, 1.54) is 0 Å². The lowest BCUT2D eigenvalue weighted by Crippen LogP contribution is -2.23. The van der Waals surface area contributed by atoms with Crippen LogP contribution in [0.4, 0.5) is 30.7 Å². The second kappa shape index (κ2) is 5.13. The lowest BCUT2D eigenvalue weighted by Gasteiger charge is -2.17. The van der Waals surface area contributed by atoms with Gasteiger partial charge in [0.1, 0.15) is 5.56 Å². The van der Waals surface area contributed by atoms with Crippen molar-refractivity contribution in [2.24, 2.45) is 0 Å². The van der Waals surface area contributed by atoms with Crippen molar-refractivity contribution in [2.75, 3.05) is 0 Å². The van der Waals surface area contributed by atoms with Crippen molar-refractivity contribution in [3.63, 3.8) is 0 Å².